The molecule has 166 valence electrons. The van der Waals surface area contributed by atoms with Crippen LogP contribution in [0.15, 0.2) is 81.3 Å². The molecular weight excluding hydrogens is 443 g/mol. The number of nitrogens with zero attached hydrogens (tertiary/aromatic N) is 3. The molecule has 0 unspecified atom stereocenters. The molecule has 2 amide bonds. The van der Waals surface area contributed by atoms with Crippen molar-refractivity contribution in [3.05, 3.63) is 89.6 Å². The Hall–Kier alpha value is -3.72. The number of hydrogen-bond donors (Lipinski definition) is 1. The van der Waals surface area contributed by atoms with Gasteiger partial charge in [-0.25, -0.2) is 14.3 Å². The number of amidine groups is 2. The Morgan fingerprint density at radius 3 is 2.85 bits per heavy atom. The van der Waals surface area contributed by atoms with Gasteiger partial charge in [0.25, 0.3) is 5.91 Å². The fraction of sp³-hybridized carbons (Fsp3) is 0.167. The Kier molecular flexibility index (Phi) is 5.78. The monoisotopic (exact) mass is 462 g/mol. The van der Waals surface area contributed by atoms with Gasteiger partial charge in [-0.2, -0.15) is 0 Å². The molecule has 5 rings (SSSR count). The number of nitrogens with one attached hydrogen (secondary N) is 1. The molecule has 1 aromatic heterocycles. The predicted octanol–water partition coefficient (Wildman–Crippen LogP) is 4.02. The normalized spacial score (nSPS) is 16.7. The van der Waals surface area contributed by atoms with E-state index in [1.165, 1.54) is 35.1 Å². The van der Waals surface area contributed by atoms with E-state index in [2.05, 4.69) is 15.3 Å². The van der Waals surface area contributed by atoms with Crippen LogP contribution in [0, 0.1) is 5.82 Å². The average molecular weight is 463 g/mol. The highest BCUT2D eigenvalue weighted by atomic mass is 32.2. The van der Waals surface area contributed by atoms with Crippen molar-refractivity contribution in [1.82, 2.24) is 10.2 Å². The van der Waals surface area contributed by atoms with Crippen LogP contribution < -0.4 is 5.32 Å². The molecule has 1 atom stereocenters. The van der Waals surface area contributed by atoms with Gasteiger partial charge in [-0.1, -0.05) is 36.0 Å². The molecule has 2 aliphatic heterocycles. The Morgan fingerprint density at radius 1 is 1.15 bits per heavy atom. The van der Waals surface area contributed by atoms with Crippen LogP contribution in [0.4, 0.5) is 10.1 Å². The lowest BCUT2D eigenvalue weighted by Crippen LogP contribution is -2.42. The maximum atomic E-state index is 13.6. The number of rotatable bonds is 6. The lowest BCUT2D eigenvalue weighted by molar-refractivity contribution is -0.128. The molecule has 0 spiro atoms. The fourth-order valence-corrected chi connectivity index (χ4v) is 4.60. The number of benzene rings is 2. The number of para-hydroxylation sites is 1. The summed E-state index contributed by atoms with van der Waals surface area (Å²) < 4.78 is 18.8. The zero-order valence-corrected chi connectivity index (χ0v) is 18.2. The maximum absolute atomic E-state index is 13.6. The van der Waals surface area contributed by atoms with Gasteiger partial charge in [0.15, 0.2) is 5.17 Å². The van der Waals surface area contributed by atoms with Crippen LogP contribution in [0.25, 0.3) is 0 Å². The number of halogens is 1. The van der Waals surface area contributed by atoms with E-state index < -0.39 is 6.04 Å². The highest BCUT2D eigenvalue weighted by molar-refractivity contribution is 8.13. The second-order valence-electron chi connectivity index (χ2n) is 7.53. The van der Waals surface area contributed by atoms with Crippen molar-refractivity contribution >= 4 is 40.3 Å². The van der Waals surface area contributed by atoms with E-state index >= 15 is 0 Å². The number of carbonyl (C=O) groups is 2. The lowest BCUT2D eigenvalue weighted by Gasteiger charge is -2.25. The molecule has 9 heteroatoms. The number of carbonyl (C=O) groups excluding carboxylic acids is 2. The first-order valence-electron chi connectivity index (χ1n) is 10.3. The Bertz CT molecular complexity index is 1270. The standard InChI is InChI=1S/C24H19FN4O3S/c25-16-6-3-5-15(11-16)14-33-24-28-19-9-2-1-8-18(19)22-27-20(23(31)29(22)24)12-21(30)26-13-17-7-4-10-32-17/h1-11,20H,12-14H2,(H,26,30)/t20-/m0/s1. The van der Waals surface area contributed by atoms with E-state index in [1.807, 2.05) is 30.3 Å². The van der Waals surface area contributed by atoms with Gasteiger partial charge in [-0.3, -0.25) is 14.6 Å². The fourth-order valence-electron chi connectivity index (χ4n) is 3.65. The summed E-state index contributed by atoms with van der Waals surface area (Å²) in [4.78, 5) is 36.4. The van der Waals surface area contributed by atoms with Gasteiger partial charge in [-0.05, 0) is 42.0 Å². The molecule has 2 aliphatic rings. The average Bonchev–Trinajstić information content (AvgIpc) is 3.45. The largest absolute Gasteiger partial charge is 0.467 e. The van der Waals surface area contributed by atoms with Gasteiger partial charge in [-0.15, -0.1) is 0 Å². The van der Waals surface area contributed by atoms with Crippen molar-refractivity contribution in [3.8, 4) is 0 Å². The third-order valence-corrected chi connectivity index (χ3v) is 6.23. The maximum Gasteiger partial charge on any atom is 0.259 e. The van der Waals surface area contributed by atoms with Crippen LogP contribution in [0.1, 0.15) is 23.3 Å². The van der Waals surface area contributed by atoms with Gasteiger partial charge in [0.05, 0.1) is 24.9 Å². The molecule has 2 aromatic carbocycles. The van der Waals surface area contributed by atoms with Crippen LogP contribution in [0.3, 0.4) is 0 Å². The first-order valence-corrected chi connectivity index (χ1v) is 11.3. The van der Waals surface area contributed by atoms with Gasteiger partial charge >= 0.3 is 0 Å². The molecule has 0 bridgehead atoms. The van der Waals surface area contributed by atoms with Crippen molar-refractivity contribution in [2.75, 3.05) is 0 Å². The first-order chi connectivity index (χ1) is 16.1. The number of thioether (sulfide) groups is 1. The number of furan rings is 1. The molecule has 0 radical (unpaired) electrons. The summed E-state index contributed by atoms with van der Waals surface area (Å²) in [6.07, 6.45) is 1.45. The second kappa shape index (κ2) is 9.03. The molecule has 0 saturated carbocycles. The van der Waals surface area contributed by atoms with Crippen LogP contribution in [-0.2, 0) is 21.9 Å². The summed E-state index contributed by atoms with van der Waals surface area (Å²) in [5.74, 6) is 0.623. The SMILES string of the molecule is O=C(C[C@@H]1N=C2c3ccccc3N=C(SCc3cccc(F)c3)N2C1=O)NCc1ccco1. The van der Waals surface area contributed by atoms with Crippen molar-refractivity contribution in [2.24, 2.45) is 9.98 Å². The molecule has 3 aromatic rings. The van der Waals surface area contributed by atoms with E-state index in [1.54, 1.807) is 18.2 Å². The molecule has 0 fully saturated rings. The Labute approximate surface area is 193 Å². The number of hydrogen-bond acceptors (Lipinski definition) is 6. The van der Waals surface area contributed by atoms with Crippen LogP contribution >= 0.6 is 11.8 Å². The van der Waals surface area contributed by atoms with E-state index in [0.717, 1.165) is 11.1 Å². The molecule has 3 heterocycles. The summed E-state index contributed by atoms with van der Waals surface area (Å²) in [7, 11) is 0. The number of amides is 2. The van der Waals surface area contributed by atoms with Crippen LogP contribution in [-0.4, -0.2) is 33.8 Å². The summed E-state index contributed by atoms with van der Waals surface area (Å²) in [6, 6.07) is 16.4. The highest BCUT2D eigenvalue weighted by Gasteiger charge is 2.42. The van der Waals surface area contributed by atoms with Crippen molar-refractivity contribution in [3.63, 3.8) is 0 Å². The zero-order chi connectivity index (χ0) is 22.8. The van der Waals surface area contributed by atoms with E-state index in [9.17, 15) is 14.0 Å². The lowest BCUT2D eigenvalue weighted by atomic mass is 10.1. The number of aliphatic imine (C=N–C) groups is 2. The third kappa shape index (κ3) is 4.45. The first kappa shape index (κ1) is 21.1. The quantitative estimate of drug-likeness (QED) is 0.600. The molecule has 7 nitrogen and oxygen atoms in total. The predicted molar refractivity (Wildman–Crippen MR) is 124 cm³/mol. The highest BCUT2D eigenvalue weighted by Crippen LogP contribution is 2.34. The van der Waals surface area contributed by atoms with Crippen molar-refractivity contribution in [1.29, 1.82) is 0 Å². The van der Waals surface area contributed by atoms with E-state index in [0.29, 0.717) is 28.2 Å². The van der Waals surface area contributed by atoms with Crippen LogP contribution in [0.5, 0.6) is 0 Å². The van der Waals surface area contributed by atoms with E-state index in [-0.39, 0.29) is 30.6 Å². The minimum Gasteiger partial charge on any atom is -0.467 e. The van der Waals surface area contributed by atoms with Gasteiger partial charge in [0, 0.05) is 11.3 Å². The summed E-state index contributed by atoms with van der Waals surface area (Å²) in [5.41, 5.74) is 2.21. The smallest absolute Gasteiger partial charge is 0.259 e. The molecule has 1 N–H and O–H groups in total. The topological polar surface area (TPSA) is 87.3 Å². The van der Waals surface area contributed by atoms with Crippen molar-refractivity contribution in [2.45, 2.75) is 24.8 Å². The summed E-state index contributed by atoms with van der Waals surface area (Å²) in [5, 5.41) is 3.21. The van der Waals surface area contributed by atoms with Gasteiger partial charge < -0.3 is 9.73 Å². The van der Waals surface area contributed by atoms with E-state index in [4.69, 9.17) is 4.42 Å². The Balaban J connectivity index is 1.35. The minimum absolute atomic E-state index is 0.0798. The molecule has 33 heavy (non-hydrogen) atoms. The summed E-state index contributed by atoms with van der Waals surface area (Å²) >= 11 is 1.33. The van der Waals surface area contributed by atoms with Crippen LogP contribution in [0.2, 0.25) is 0 Å². The molecule has 0 aliphatic carbocycles. The van der Waals surface area contributed by atoms with Gasteiger partial charge in [0.1, 0.15) is 23.5 Å². The second-order valence-corrected chi connectivity index (χ2v) is 8.47. The molecule has 0 saturated heterocycles. The third-order valence-electron chi connectivity index (χ3n) is 5.22. The number of fused-ring (bicyclic) bond motifs is 3. The van der Waals surface area contributed by atoms with Crippen molar-refractivity contribution < 1.29 is 18.4 Å². The zero-order valence-electron chi connectivity index (χ0n) is 17.4. The minimum atomic E-state index is -0.845. The molecular formula is C24H19FN4O3S. The summed E-state index contributed by atoms with van der Waals surface area (Å²) in [6.45, 7) is 0.242. The van der Waals surface area contributed by atoms with Gasteiger partial charge in [0.2, 0.25) is 5.91 Å². The Morgan fingerprint density at radius 2 is 2.03 bits per heavy atom.